The highest BCUT2D eigenvalue weighted by Gasteiger charge is 2.35. The highest BCUT2D eigenvalue weighted by molar-refractivity contribution is 5.81. The van der Waals surface area contributed by atoms with E-state index in [9.17, 15) is 9.59 Å². The summed E-state index contributed by atoms with van der Waals surface area (Å²) in [4.78, 5) is 27.0. The van der Waals surface area contributed by atoms with Gasteiger partial charge in [0, 0.05) is 31.0 Å². The van der Waals surface area contributed by atoms with Gasteiger partial charge in [0.15, 0.2) is 0 Å². The standard InChI is InChI=1S/C20H36N2O2/c1-5-15-14-22(19(24)20(2,3)4)12-11-16(15)13-18(23)21-17-9-7-6-8-10-17/h15-17H,5-14H2,1-4H3,(H,21,23)/t15-,16-/m0/s1. The number of amides is 2. The first-order chi connectivity index (χ1) is 11.3. The van der Waals surface area contributed by atoms with Crippen LogP contribution in [-0.2, 0) is 9.59 Å². The Balaban J connectivity index is 1.85. The van der Waals surface area contributed by atoms with Gasteiger partial charge in [-0.15, -0.1) is 0 Å². The van der Waals surface area contributed by atoms with E-state index in [1.165, 1.54) is 19.3 Å². The van der Waals surface area contributed by atoms with Crippen LogP contribution in [0, 0.1) is 17.3 Å². The Morgan fingerprint density at radius 1 is 1.04 bits per heavy atom. The number of likely N-dealkylation sites (tertiary alicyclic amines) is 1. The van der Waals surface area contributed by atoms with E-state index in [0.29, 0.717) is 24.3 Å². The van der Waals surface area contributed by atoms with Crippen molar-refractivity contribution >= 4 is 11.8 Å². The third kappa shape index (κ3) is 5.22. The molecular formula is C20H36N2O2. The van der Waals surface area contributed by atoms with E-state index >= 15 is 0 Å². The Hall–Kier alpha value is -1.06. The summed E-state index contributed by atoms with van der Waals surface area (Å²) in [5.74, 6) is 1.33. The average molecular weight is 337 g/mol. The molecule has 0 unspecified atom stereocenters. The van der Waals surface area contributed by atoms with Crippen LogP contribution in [0.2, 0.25) is 0 Å². The number of nitrogens with one attached hydrogen (secondary N) is 1. The second-order valence-electron chi connectivity index (χ2n) is 8.82. The maximum absolute atomic E-state index is 12.5. The van der Waals surface area contributed by atoms with Crippen LogP contribution in [0.15, 0.2) is 0 Å². The minimum absolute atomic E-state index is 0.223. The number of hydrogen-bond donors (Lipinski definition) is 1. The first-order valence-electron chi connectivity index (χ1n) is 9.90. The lowest BCUT2D eigenvalue weighted by Gasteiger charge is -2.40. The molecule has 1 aliphatic heterocycles. The van der Waals surface area contributed by atoms with Crippen molar-refractivity contribution in [2.75, 3.05) is 13.1 Å². The quantitative estimate of drug-likeness (QED) is 0.850. The van der Waals surface area contributed by atoms with Gasteiger partial charge >= 0.3 is 0 Å². The van der Waals surface area contributed by atoms with Crippen molar-refractivity contribution in [1.29, 1.82) is 0 Å². The maximum Gasteiger partial charge on any atom is 0.227 e. The van der Waals surface area contributed by atoms with Gasteiger partial charge in [0.2, 0.25) is 11.8 Å². The molecule has 0 aromatic rings. The first-order valence-corrected chi connectivity index (χ1v) is 9.90. The van der Waals surface area contributed by atoms with Gasteiger partial charge in [-0.05, 0) is 31.1 Å². The summed E-state index contributed by atoms with van der Waals surface area (Å²) in [6, 6.07) is 0.397. The zero-order chi connectivity index (χ0) is 17.7. The van der Waals surface area contributed by atoms with Gasteiger partial charge in [-0.25, -0.2) is 0 Å². The molecule has 1 aliphatic carbocycles. The molecule has 1 saturated heterocycles. The molecule has 2 fully saturated rings. The molecule has 0 aromatic heterocycles. The third-order valence-corrected chi connectivity index (χ3v) is 5.76. The number of carbonyl (C=O) groups excluding carboxylic acids is 2. The number of carbonyl (C=O) groups is 2. The zero-order valence-electron chi connectivity index (χ0n) is 16.1. The summed E-state index contributed by atoms with van der Waals surface area (Å²) in [7, 11) is 0. The Morgan fingerprint density at radius 3 is 2.29 bits per heavy atom. The Kier molecular flexibility index (Phi) is 6.70. The summed E-state index contributed by atoms with van der Waals surface area (Å²) in [6.45, 7) is 9.75. The monoisotopic (exact) mass is 336 g/mol. The van der Waals surface area contributed by atoms with Gasteiger partial charge in [0.1, 0.15) is 0 Å². The predicted molar refractivity (Wildman–Crippen MR) is 97.6 cm³/mol. The lowest BCUT2D eigenvalue weighted by Crippen LogP contribution is -2.48. The van der Waals surface area contributed by atoms with Gasteiger partial charge in [0.05, 0.1) is 0 Å². The fourth-order valence-electron chi connectivity index (χ4n) is 4.24. The first kappa shape index (κ1) is 19.3. The van der Waals surface area contributed by atoms with Crippen molar-refractivity contribution in [2.45, 2.75) is 85.1 Å². The molecule has 2 aliphatic rings. The third-order valence-electron chi connectivity index (χ3n) is 5.76. The molecular weight excluding hydrogens is 300 g/mol. The molecule has 4 nitrogen and oxygen atoms in total. The topological polar surface area (TPSA) is 49.4 Å². The maximum atomic E-state index is 12.5. The van der Waals surface area contributed by atoms with Gasteiger partial charge in [-0.1, -0.05) is 53.4 Å². The molecule has 0 radical (unpaired) electrons. The summed E-state index contributed by atoms with van der Waals surface area (Å²) in [6.07, 6.45) is 8.71. The van der Waals surface area contributed by atoms with Crippen LogP contribution in [0.1, 0.15) is 79.1 Å². The van der Waals surface area contributed by atoms with Crippen LogP contribution >= 0.6 is 0 Å². The molecule has 2 amide bonds. The second-order valence-corrected chi connectivity index (χ2v) is 8.82. The van der Waals surface area contributed by atoms with Crippen LogP contribution < -0.4 is 5.32 Å². The van der Waals surface area contributed by atoms with Crippen molar-refractivity contribution in [1.82, 2.24) is 10.2 Å². The Morgan fingerprint density at radius 2 is 1.71 bits per heavy atom. The van der Waals surface area contributed by atoms with Crippen molar-refractivity contribution in [2.24, 2.45) is 17.3 Å². The van der Waals surface area contributed by atoms with E-state index in [-0.39, 0.29) is 17.2 Å². The molecule has 24 heavy (non-hydrogen) atoms. The Labute approximate surface area is 147 Å². The molecule has 2 rings (SSSR count). The summed E-state index contributed by atoms with van der Waals surface area (Å²) in [5, 5.41) is 3.25. The molecule has 0 aromatic carbocycles. The highest BCUT2D eigenvalue weighted by atomic mass is 16.2. The largest absolute Gasteiger partial charge is 0.353 e. The Bertz CT molecular complexity index is 435. The molecule has 0 spiro atoms. The predicted octanol–water partition coefficient (Wildman–Crippen LogP) is 3.75. The van der Waals surface area contributed by atoms with Gasteiger partial charge < -0.3 is 10.2 Å². The van der Waals surface area contributed by atoms with Gasteiger partial charge in [0.25, 0.3) is 0 Å². The average Bonchev–Trinajstić information content (AvgIpc) is 2.54. The lowest BCUT2D eigenvalue weighted by atomic mass is 9.80. The molecule has 4 heteroatoms. The van der Waals surface area contributed by atoms with Crippen LogP contribution in [0.3, 0.4) is 0 Å². The molecule has 138 valence electrons. The summed E-state index contributed by atoms with van der Waals surface area (Å²) in [5.41, 5.74) is -0.316. The summed E-state index contributed by atoms with van der Waals surface area (Å²) >= 11 is 0. The van der Waals surface area contributed by atoms with E-state index < -0.39 is 0 Å². The molecule has 1 saturated carbocycles. The minimum Gasteiger partial charge on any atom is -0.353 e. The van der Waals surface area contributed by atoms with Crippen LogP contribution in [0.25, 0.3) is 0 Å². The summed E-state index contributed by atoms with van der Waals surface area (Å²) < 4.78 is 0. The van der Waals surface area contributed by atoms with Crippen LogP contribution in [0.5, 0.6) is 0 Å². The van der Waals surface area contributed by atoms with Crippen LogP contribution in [0.4, 0.5) is 0 Å². The SMILES string of the molecule is CC[C@H]1CN(C(=O)C(C)(C)C)CC[C@H]1CC(=O)NC1CCCCC1. The lowest BCUT2D eigenvalue weighted by molar-refractivity contribution is -0.142. The number of rotatable bonds is 4. The molecule has 1 heterocycles. The van der Waals surface area contributed by atoms with Crippen molar-refractivity contribution < 1.29 is 9.59 Å². The normalized spacial score (nSPS) is 26.2. The van der Waals surface area contributed by atoms with Gasteiger partial charge in [-0.3, -0.25) is 9.59 Å². The fraction of sp³-hybridized carbons (Fsp3) is 0.900. The van der Waals surface area contributed by atoms with Crippen molar-refractivity contribution in [3.8, 4) is 0 Å². The number of piperidine rings is 1. The second kappa shape index (κ2) is 8.35. The smallest absolute Gasteiger partial charge is 0.227 e. The molecule has 0 bridgehead atoms. The van der Waals surface area contributed by atoms with E-state index in [1.807, 2.05) is 25.7 Å². The highest BCUT2D eigenvalue weighted by Crippen LogP contribution is 2.31. The number of nitrogens with zero attached hydrogens (tertiary/aromatic N) is 1. The molecule has 1 N–H and O–H groups in total. The van der Waals surface area contributed by atoms with Gasteiger partial charge in [-0.2, -0.15) is 0 Å². The zero-order valence-corrected chi connectivity index (χ0v) is 16.1. The van der Waals surface area contributed by atoms with Crippen LogP contribution in [-0.4, -0.2) is 35.8 Å². The van der Waals surface area contributed by atoms with E-state index in [4.69, 9.17) is 0 Å². The van der Waals surface area contributed by atoms with E-state index in [0.717, 1.165) is 38.8 Å². The molecule has 2 atom stereocenters. The van der Waals surface area contributed by atoms with E-state index in [2.05, 4.69) is 12.2 Å². The van der Waals surface area contributed by atoms with E-state index in [1.54, 1.807) is 0 Å². The van der Waals surface area contributed by atoms with Crippen molar-refractivity contribution in [3.05, 3.63) is 0 Å². The fourth-order valence-corrected chi connectivity index (χ4v) is 4.24. The van der Waals surface area contributed by atoms with Crippen molar-refractivity contribution in [3.63, 3.8) is 0 Å². The minimum atomic E-state index is -0.316. The number of hydrogen-bond acceptors (Lipinski definition) is 2.